The van der Waals surface area contributed by atoms with Gasteiger partial charge in [-0.2, -0.15) is 5.10 Å². The highest BCUT2D eigenvalue weighted by atomic mass is 16.5. The molecule has 3 amide bonds. The highest BCUT2D eigenvalue weighted by Gasteiger charge is 2.13. The lowest BCUT2D eigenvalue weighted by Crippen LogP contribution is -2.32. The van der Waals surface area contributed by atoms with Crippen molar-refractivity contribution in [1.82, 2.24) is 5.43 Å². The number of benzene rings is 3. The number of hydrogen-bond acceptors (Lipinski definition) is 7. The first-order valence-corrected chi connectivity index (χ1v) is 12.5. The Balaban J connectivity index is 1.53. The summed E-state index contributed by atoms with van der Waals surface area (Å²) in [5.41, 5.74) is 6.09. The van der Waals surface area contributed by atoms with Gasteiger partial charge in [-0.15, -0.1) is 0 Å². The monoisotopic (exact) mass is 544 g/mol. The number of rotatable bonds is 12. The van der Waals surface area contributed by atoms with Gasteiger partial charge in [0.25, 0.3) is 5.91 Å². The molecular weight excluding hydrogens is 512 g/mol. The van der Waals surface area contributed by atoms with Crippen LogP contribution in [0.3, 0.4) is 0 Å². The van der Waals surface area contributed by atoms with Crippen molar-refractivity contribution in [3.63, 3.8) is 0 Å². The van der Waals surface area contributed by atoms with Crippen molar-refractivity contribution in [3.8, 4) is 17.2 Å². The van der Waals surface area contributed by atoms with Gasteiger partial charge in [0.15, 0.2) is 18.1 Å². The molecule has 3 N–H and O–H groups in total. The second-order valence-electron chi connectivity index (χ2n) is 8.55. The molecule has 0 fully saturated rings. The number of nitrogens with zero attached hydrogens (tertiary/aromatic N) is 1. The topological polar surface area (TPSA) is 127 Å². The van der Waals surface area contributed by atoms with Crippen molar-refractivity contribution < 1.29 is 28.6 Å². The first-order valence-electron chi connectivity index (χ1n) is 12.5. The zero-order valence-electron chi connectivity index (χ0n) is 22.7. The fourth-order valence-electron chi connectivity index (χ4n) is 3.35. The first-order chi connectivity index (χ1) is 19.3. The number of amides is 3. The molecule has 0 heterocycles. The predicted molar refractivity (Wildman–Crippen MR) is 154 cm³/mol. The van der Waals surface area contributed by atoms with Crippen LogP contribution in [-0.2, 0) is 14.4 Å². The molecule has 0 bridgehead atoms. The van der Waals surface area contributed by atoms with Crippen LogP contribution in [0.5, 0.6) is 17.2 Å². The Labute approximate surface area is 233 Å². The van der Waals surface area contributed by atoms with Crippen molar-refractivity contribution in [3.05, 3.63) is 90.0 Å². The number of hydrazone groups is 1. The van der Waals surface area contributed by atoms with Crippen LogP contribution < -0.4 is 30.3 Å². The fourth-order valence-corrected chi connectivity index (χ4v) is 3.35. The van der Waals surface area contributed by atoms with Crippen LogP contribution in [0.15, 0.2) is 78.4 Å². The molecule has 40 heavy (non-hydrogen) atoms. The van der Waals surface area contributed by atoms with Crippen LogP contribution >= 0.6 is 0 Å². The minimum absolute atomic E-state index is 0.212. The van der Waals surface area contributed by atoms with E-state index in [1.807, 2.05) is 39.0 Å². The van der Waals surface area contributed by atoms with E-state index in [1.54, 1.807) is 48.5 Å². The highest BCUT2D eigenvalue weighted by Crippen LogP contribution is 2.28. The van der Waals surface area contributed by atoms with E-state index >= 15 is 0 Å². The number of anilines is 2. The molecule has 0 aliphatic carbocycles. The van der Waals surface area contributed by atoms with Gasteiger partial charge in [0, 0.05) is 11.4 Å². The van der Waals surface area contributed by atoms with Crippen LogP contribution in [0.1, 0.15) is 23.6 Å². The second kappa shape index (κ2) is 14.7. The Bertz CT molecular complexity index is 1390. The Morgan fingerprint density at radius 1 is 0.825 bits per heavy atom. The van der Waals surface area contributed by atoms with Crippen molar-refractivity contribution in [2.75, 3.05) is 30.5 Å². The van der Waals surface area contributed by atoms with Crippen molar-refractivity contribution >= 4 is 35.3 Å². The molecule has 3 rings (SSSR count). The van der Waals surface area contributed by atoms with E-state index in [0.29, 0.717) is 47.4 Å². The molecule has 0 aliphatic rings. The summed E-state index contributed by atoms with van der Waals surface area (Å²) in [5, 5.41) is 9.13. The largest absolute Gasteiger partial charge is 0.490 e. The molecule has 0 radical (unpaired) electrons. The molecule has 10 nitrogen and oxygen atoms in total. The zero-order valence-corrected chi connectivity index (χ0v) is 22.7. The lowest BCUT2D eigenvalue weighted by molar-refractivity contribution is -0.136. The van der Waals surface area contributed by atoms with Crippen LogP contribution in [0.25, 0.3) is 0 Å². The van der Waals surface area contributed by atoms with Crippen LogP contribution in [-0.4, -0.2) is 43.8 Å². The number of nitrogens with one attached hydrogen (secondary N) is 3. The normalized spacial score (nSPS) is 10.5. The highest BCUT2D eigenvalue weighted by molar-refractivity contribution is 6.39. The molecule has 0 spiro atoms. The van der Waals surface area contributed by atoms with E-state index < -0.39 is 11.8 Å². The third-order valence-electron chi connectivity index (χ3n) is 5.48. The van der Waals surface area contributed by atoms with Gasteiger partial charge in [-0.25, -0.2) is 5.43 Å². The third-order valence-corrected chi connectivity index (χ3v) is 5.48. The Kier molecular flexibility index (Phi) is 10.8. The van der Waals surface area contributed by atoms with Gasteiger partial charge in [0.1, 0.15) is 12.4 Å². The number of hydrogen-bond donors (Lipinski definition) is 3. The summed E-state index contributed by atoms with van der Waals surface area (Å²) >= 11 is 0. The molecular formula is C30H32N4O6. The van der Waals surface area contributed by atoms with Gasteiger partial charge in [0.05, 0.1) is 12.8 Å². The van der Waals surface area contributed by atoms with Gasteiger partial charge in [-0.3, -0.25) is 14.4 Å². The molecule has 10 heteroatoms. The molecule has 0 saturated carbocycles. The Hall–Kier alpha value is -5.12. The minimum Gasteiger partial charge on any atom is -0.490 e. The van der Waals surface area contributed by atoms with Gasteiger partial charge >= 0.3 is 11.8 Å². The van der Waals surface area contributed by atoms with E-state index in [1.165, 1.54) is 6.21 Å². The molecule has 3 aromatic rings. The summed E-state index contributed by atoms with van der Waals surface area (Å²) < 4.78 is 16.7. The van der Waals surface area contributed by atoms with E-state index in [9.17, 15) is 14.4 Å². The molecule has 208 valence electrons. The standard InChI is InChI=1S/C30H32N4O6/c1-5-15-39-25-12-10-23(11-13-25)33-29(36)30(37)34-31-18-22-8-14-26(27(17-22)38-6-2)40-19-28(35)32-24-9-7-20(3)21(4)16-24/h5,7-14,16-18H,1,6,15,19H2,2-4H3,(H,32,35)(H,33,36)(H,34,37)/b31-18-. The predicted octanol–water partition coefficient (Wildman–Crippen LogP) is 4.37. The second-order valence-corrected chi connectivity index (χ2v) is 8.55. The van der Waals surface area contributed by atoms with E-state index in [-0.39, 0.29) is 12.5 Å². The van der Waals surface area contributed by atoms with Crippen LogP contribution in [0.4, 0.5) is 11.4 Å². The summed E-state index contributed by atoms with van der Waals surface area (Å²) in [6.45, 7) is 9.89. The van der Waals surface area contributed by atoms with Gasteiger partial charge < -0.3 is 24.8 Å². The molecule has 0 aliphatic heterocycles. The van der Waals surface area contributed by atoms with Crippen molar-refractivity contribution in [1.29, 1.82) is 0 Å². The van der Waals surface area contributed by atoms with E-state index in [4.69, 9.17) is 14.2 Å². The molecule has 0 unspecified atom stereocenters. The van der Waals surface area contributed by atoms with E-state index in [2.05, 4.69) is 27.7 Å². The maximum absolute atomic E-state index is 12.4. The zero-order chi connectivity index (χ0) is 28.9. The van der Waals surface area contributed by atoms with E-state index in [0.717, 1.165) is 11.1 Å². The van der Waals surface area contributed by atoms with Crippen molar-refractivity contribution in [2.24, 2.45) is 5.10 Å². The number of carbonyl (C=O) groups is 3. The summed E-state index contributed by atoms with van der Waals surface area (Å²) in [6, 6.07) is 17.2. The van der Waals surface area contributed by atoms with Crippen molar-refractivity contribution in [2.45, 2.75) is 20.8 Å². The summed E-state index contributed by atoms with van der Waals surface area (Å²) in [7, 11) is 0. The number of ether oxygens (including phenoxy) is 3. The minimum atomic E-state index is -0.942. The Morgan fingerprint density at radius 2 is 1.57 bits per heavy atom. The van der Waals surface area contributed by atoms with Gasteiger partial charge in [-0.1, -0.05) is 18.7 Å². The summed E-state index contributed by atoms with van der Waals surface area (Å²) in [4.78, 5) is 36.7. The molecule has 0 atom stereocenters. The number of aryl methyl sites for hydroxylation is 2. The Morgan fingerprint density at radius 3 is 2.27 bits per heavy atom. The third kappa shape index (κ3) is 9.02. The quantitative estimate of drug-likeness (QED) is 0.134. The van der Waals surface area contributed by atoms with Gasteiger partial charge in [-0.05, 0) is 92.1 Å². The molecule has 0 saturated heterocycles. The van der Waals surface area contributed by atoms with Crippen LogP contribution in [0, 0.1) is 13.8 Å². The average Bonchev–Trinajstić information content (AvgIpc) is 2.94. The SMILES string of the molecule is C=CCOc1ccc(NC(=O)C(=O)N/N=C\c2ccc(OCC(=O)Nc3ccc(C)c(C)c3)c(OCC)c2)cc1. The maximum atomic E-state index is 12.4. The maximum Gasteiger partial charge on any atom is 0.329 e. The smallest absolute Gasteiger partial charge is 0.329 e. The van der Waals surface area contributed by atoms with Gasteiger partial charge in [0.2, 0.25) is 0 Å². The molecule has 3 aromatic carbocycles. The average molecular weight is 545 g/mol. The lowest BCUT2D eigenvalue weighted by atomic mass is 10.1. The first kappa shape index (κ1) is 29.4. The lowest BCUT2D eigenvalue weighted by Gasteiger charge is -2.13. The molecule has 0 aromatic heterocycles. The summed E-state index contributed by atoms with van der Waals surface area (Å²) in [5.74, 6) is -0.754. The fraction of sp³-hybridized carbons (Fsp3) is 0.200. The summed E-state index contributed by atoms with van der Waals surface area (Å²) in [6.07, 6.45) is 2.98. The number of carbonyl (C=O) groups excluding carboxylic acids is 3. The van der Waals surface area contributed by atoms with Crippen LogP contribution in [0.2, 0.25) is 0 Å².